The lowest BCUT2D eigenvalue weighted by Crippen LogP contribution is -2.05. The van der Waals surface area contributed by atoms with Gasteiger partial charge in [-0.05, 0) is 41.5 Å². The van der Waals surface area contributed by atoms with Crippen molar-refractivity contribution in [3.05, 3.63) is 106 Å². The van der Waals surface area contributed by atoms with Crippen LogP contribution in [0.4, 0.5) is 0 Å². The van der Waals surface area contributed by atoms with E-state index in [0.717, 1.165) is 11.1 Å². The van der Waals surface area contributed by atoms with Crippen molar-refractivity contribution in [3.63, 3.8) is 0 Å². The second kappa shape index (κ2) is 8.11. The Morgan fingerprint density at radius 1 is 0.964 bits per heavy atom. The van der Waals surface area contributed by atoms with E-state index in [0.29, 0.717) is 22.9 Å². The SMILES string of the molecule is O=C1OC(c2ccccc2Cl)=N/C1=C/c1cccc(OCc2ccccc2)c1. The molecule has 138 valence electrons. The third-order valence-electron chi connectivity index (χ3n) is 4.13. The third kappa shape index (κ3) is 4.13. The number of esters is 1. The molecule has 1 heterocycles. The van der Waals surface area contributed by atoms with Crippen molar-refractivity contribution in [2.24, 2.45) is 4.99 Å². The fourth-order valence-electron chi connectivity index (χ4n) is 2.75. The first-order valence-corrected chi connectivity index (χ1v) is 9.11. The van der Waals surface area contributed by atoms with Gasteiger partial charge in [0.1, 0.15) is 12.4 Å². The molecule has 0 fully saturated rings. The smallest absolute Gasteiger partial charge is 0.363 e. The number of halogens is 1. The van der Waals surface area contributed by atoms with E-state index in [1.165, 1.54) is 0 Å². The number of ether oxygens (including phenoxy) is 2. The maximum atomic E-state index is 12.2. The Kier molecular flexibility index (Phi) is 5.22. The van der Waals surface area contributed by atoms with Crippen molar-refractivity contribution in [2.75, 3.05) is 0 Å². The first kappa shape index (κ1) is 18.0. The van der Waals surface area contributed by atoms with Crippen molar-refractivity contribution in [3.8, 4) is 5.75 Å². The normalized spacial score (nSPS) is 14.7. The highest BCUT2D eigenvalue weighted by molar-refractivity contribution is 6.34. The minimum absolute atomic E-state index is 0.207. The van der Waals surface area contributed by atoms with Crippen LogP contribution in [0.25, 0.3) is 6.08 Å². The number of carbonyl (C=O) groups excluding carboxylic acids is 1. The molecule has 1 aliphatic rings. The number of aliphatic imine (C=N–C) groups is 1. The zero-order valence-corrected chi connectivity index (χ0v) is 15.6. The molecule has 1 aliphatic heterocycles. The summed E-state index contributed by atoms with van der Waals surface area (Å²) in [5.41, 5.74) is 2.68. The fourth-order valence-corrected chi connectivity index (χ4v) is 2.97. The molecule has 0 saturated carbocycles. The number of carbonyl (C=O) groups is 1. The molecule has 0 amide bonds. The zero-order chi connectivity index (χ0) is 19.3. The van der Waals surface area contributed by atoms with Crippen LogP contribution in [0, 0.1) is 0 Å². The Labute approximate surface area is 167 Å². The number of benzene rings is 3. The van der Waals surface area contributed by atoms with E-state index in [4.69, 9.17) is 21.1 Å². The van der Waals surface area contributed by atoms with Gasteiger partial charge in [0.15, 0.2) is 5.70 Å². The minimum Gasteiger partial charge on any atom is -0.489 e. The van der Waals surface area contributed by atoms with Crippen LogP contribution in [0.3, 0.4) is 0 Å². The Morgan fingerprint density at radius 2 is 1.75 bits per heavy atom. The van der Waals surface area contributed by atoms with Crippen molar-refractivity contribution < 1.29 is 14.3 Å². The molecular formula is C23H16ClNO3. The van der Waals surface area contributed by atoms with Crippen molar-refractivity contribution >= 4 is 29.5 Å². The number of rotatable bonds is 5. The maximum Gasteiger partial charge on any atom is 0.363 e. The van der Waals surface area contributed by atoms with Gasteiger partial charge < -0.3 is 9.47 Å². The Bertz CT molecular complexity index is 1070. The van der Waals surface area contributed by atoms with Gasteiger partial charge in [0.25, 0.3) is 0 Å². The second-order valence-electron chi connectivity index (χ2n) is 6.16. The number of hydrogen-bond acceptors (Lipinski definition) is 4. The molecule has 28 heavy (non-hydrogen) atoms. The van der Waals surface area contributed by atoms with Crippen LogP contribution in [-0.2, 0) is 16.1 Å². The molecule has 0 spiro atoms. The summed E-state index contributed by atoms with van der Waals surface area (Å²) >= 11 is 6.16. The predicted octanol–water partition coefficient (Wildman–Crippen LogP) is 5.26. The quantitative estimate of drug-likeness (QED) is 0.441. The van der Waals surface area contributed by atoms with Gasteiger partial charge in [-0.1, -0.05) is 66.2 Å². The van der Waals surface area contributed by atoms with E-state index in [9.17, 15) is 4.79 Å². The summed E-state index contributed by atoms with van der Waals surface area (Å²) in [4.78, 5) is 16.5. The molecule has 0 N–H and O–H groups in total. The molecule has 0 saturated heterocycles. The molecule has 4 rings (SSSR count). The molecule has 0 unspecified atom stereocenters. The van der Waals surface area contributed by atoms with Crippen LogP contribution in [0.15, 0.2) is 89.6 Å². The molecule has 0 aliphatic carbocycles. The Hall–Kier alpha value is -3.37. The summed E-state index contributed by atoms with van der Waals surface area (Å²) in [7, 11) is 0. The van der Waals surface area contributed by atoms with E-state index in [1.807, 2.05) is 60.7 Å². The first-order valence-electron chi connectivity index (χ1n) is 8.73. The van der Waals surface area contributed by atoms with Gasteiger partial charge in [-0.25, -0.2) is 9.79 Å². The maximum absolute atomic E-state index is 12.2. The fraction of sp³-hybridized carbons (Fsp3) is 0.0435. The van der Waals surface area contributed by atoms with Gasteiger partial charge in [-0.15, -0.1) is 0 Å². The Balaban J connectivity index is 1.54. The summed E-state index contributed by atoms with van der Waals surface area (Å²) in [6.45, 7) is 0.470. The average molecular weight is 390 g/mol. The monoisotopic (exact) mass is 389 g/mol. The summed E-state index contributed by atoms with van der Waals surface area (Å²) in [5, 5.41) is 0.478. The average Bonchev–Trinajstić information content (AvgIpc) is 3.08. The minimum atomic E-state index is -0.509. The van der Waals surface area contributed by atoms with Crippen LogP contribution in [-0.4, -0.2) is 11.9 Å². The number of nitrogens with zero attached hydrogens (tertiary/aromatic N) is 1. The number of cyclic esters (lactones) is 1. The molecule has 0 aromatic heterocycles. The van der Waals surface area contributed by atoms with Crippen LogP contribution in [0.2, 0.25) is 5.02 Å². The Morgan fingerprint density at radius 3 is 2.57 bits per heavy atom. The molecule has 0 atom stereocenters. The van der Waals surface area contributed by atoms with E-state index < -0.39 is 5.97 Å². The lowest BCUT2D eigenvalue weighted by Gasteiger charge is -2.07. The van der Waals surface area contributed by atoms with E-state index in [2.05, 4.69) is 4.99 Å². The van der Waals surface area contributed by atoms with Gasteiger partial charge in [0, 0.05) is 0 Å². The summed E-state index contributed by atoms with van der Waals surface area (Å²) in [6, 6.07) is 24.5. The van der Waals surface area contributed by atoms with Gasteiger partial charge in [-0.2, -0.15) is 0 Å². The lowest BCUT2D eigenvalue weighted by atomic mass is 10.2. The van der Waals surface area contributed by atoms with Crippen LogP contribution < -0.4 is 4.74 Å². The van der Waals surface area contributed by atoms with Crippen LogP contribution >= 0.6 is 11.6 Å². The summed E-state index contributed by atoms with van der Waals surface area (Å²) < 4.78 is 11.1. The molecule has 0 radical (unpaired) electrons. The van der Waals surface area contributed by atoms with Crippen molar-refractivity contribution in [1.82, 2.24) is 0 Å². The van der Waals surface area contributed by atoms with Gasteiger partial charge in [0.2, 0.25) is 5.90 Å². The third-order valence-corrected chi connectivity index (χ3v) is 4.46. The molecule has 4 nitrogen and oxygen atoms in total. The molecule has 5 heteroatoms. The molecule has 3 aromatic rings. The standard InChI is InChI=1S/C23H16ClNO3/c24-20-12-5-4-11-19(20)22-25-21(23(26)28-22)14-17-9-6-10-18(13-17)27-15-16-7-2-1-3-8-16/h1-14H,15H2/b21-14+. The van der Waals surface area contributed by atoms with E-state index in [1.54, 1.807) is 24.3 Å². The van der Waals surface area contributed by atoms with E-state index in [-0.39, 0.29) is 11.6 Å². The zero-order valence-electron chi connectivity index (χ0n) is 14.8. The lowest BCUT2D eigenvalue weighted by molar-refractivity contribution is -0.129. The van der Waals surface area contributed by atoms with Crippen LogP contribution in [0.1, 0.15) is 16.7 Å². The van der Waals surface area contributed by atoms with Crippen molar-refractivity contribution in [1.29, 1.82) is 0 Å². The first-order chi connectivity index (χ1) is 13.7. The predicted molar refractivity (Wildman–Crippen MR) is 109 cm³/mol. The van der Waals surface area contributed by atoms with Gasteiger partial charge in [0.05, 0.1) is 10.6 Å². The van der Waals surface area contributed by atoms with E-state index >= 15 is 0 Å². The summed E-state index contributed by atoms with van der Waals surface area (Å²) in [6.07, 6.45) is 1.67. The van der Waals surface area contributed by atoms with Gasteiger partial charge >= 0.3 is 5.97 Å². The molecule has 3 aromatic carbocycles. The molecular weight excluding hydrogens is 374 g/mol. The van der Waals surface area contributed by atoms with Crippen LogP contribution in [0.5, 0.6) is 5.75 Å². The van der Waals surface area contributed by atoms with Gasteiger partial charge in [-0.3, -0.25) is 0 Å². The van der Waals surface area contributed by atoms with Crippen molar-refractivity contribution in [2.45, 2.75) is 6.61 Å². The largest absolute Gasteiger partial charge is 0.489 e. The topological polar surface area (TPSA) is 47.9 Å². The highest BCUT2D eigenvalue weighted by Gasteiger charge is 2.25. The second-order valence-corrected chi connectivity index (χ2v) is 6.57. The molecule has 0 bridgehead atoms. The highest BCUT2D eigenvalue weighted by Crippen LogP contribution is 2.24. The number of hydrogen-bond donors (Lipinski definition) is 0. The highest BCUT2D eigenvalue weighted by atomic mass is 35.5. The summed E-state index contributed by atoms with van der Waals surface area (Å²) in [5.74, 6) is 0.406.